The van der Waals surface area contributed by atoms with Crippen LogP contribution in [0, 0.1) is 6.92 Å². The Morgan fingerprint density at radius 2 is 2.08 bits per heavy atom. The lowest BCUT2D eigenvalue weighted by Gasteiger charge is -2.33. The molecule has 4 heterocycles. The Labute approximate surface area is 204 Å². The largest absolute Gasteiger partial charge is 0.416 e. The number of morpholine rings is 1. The number of aromatic amines is 1. The smallest absolute Gasteiger partial charge is 0.394 e. The van der Waals surface area contributed by atoms with Crippen molar-refractivity contribution < 1.29 is 28.1 Å². The molecule has 0 radical (unpaired) electrons. The molecule has 190 valence electrons. The molecular formula is C24H25F3N6O3. The van der Waals surface area contributed by atoms with Crippen LogP contribution in [0.15, 0.2) is 36.8 Å². The third-order valence-corrected chi connectivity index (χ3v) is 6.46. The van der Waals surface area contributed by atoms with E-state index in [4.69, 9.17) is 9.84 Å². The molecule has 36 heavy (non-hydrogen) atoms. The fourth-order valence-corrected chi connectivity index (χ4v) is 4.56. The Hall–Kier alpha value is -3.48. The first-order chi connectivity index (χ1) is 17.3. The lowest BCUT2D eigenvalue weighted by Crippen LogP contribution is -2.44. The van der Waals surface area contributed by atoms with Gasteiger partial charge in [-0.15, -0.1) is 5.10 Å². The second kappa shape index (κ2) is 9.52. The zero-order valence-electron chi connectivity index (χ0n) is 19.5. The number of imidazole rings is 2. The van der Waals surface area contributed by atoms with Crippen LogP contribution in [0.5, 0.6) is 0 Å². The molecule has 0 saturated carbocycles. The summed E-state index contributed by atoms with van der Waals surface area (Å²) in [5, 5.41) is 24.5. The maximum absolute atomic E-state index is 13.5. The lowest BCUT2D eigenvalue weighted by molar-refractivity contribution is -0.138. The highest BCUT2D eigenvalue weighted by atomic mass is 19.4. The monoisotopic (exact) mass is 502 g/mol. The number of H-pyrrole nitrogens is 1. The number of fused-ring (bicyclic) bond motifs is 1. The molecule has 1 unspecified atom stereocenters. The van der Waals surface area contributed by atoms with E-state index in [-0.39, 0.29) is 24.7 Å². The predicted molar refractivity (Wildman–Crippen MR) is 125 cm³/mol. The minimum Gasteiger partial charge on any atom is -0.394 e. The van der Waals surface area contributed by atoms with Crippen LogP contribution in [-0.2, 0) is 23.9 Å². The Morgan fingerprint density at radius 1 is 1.25 bits per heavy atom. The number of alkyl halides is 3. The van der Waals surface area contributed by atoms with Gasteiger partial charge in [-0.1, -0.05) is 12.1 Å². The minimum atomic E-state index is -4.47. The van der Waals surface area contributed by atoms with Crippen LogP contribution >= 0.6 is 0 Å². The molecule has 5 rings (SSSR count). The van der Waals surface area contributed by atoms with E-state index in [1.165, 1.54) is 19.3 Å². The van der Waals surface area contributed by atoms with Crippen molar-refractivity contribution in [3.05, 3.63) is 64.9 Å². The number of rotatable bonds is 6. The van der Waals surface area contributed by atoms with Gasteiger partial charge < -0.3 is 24.8 Å². The first-order valence-corrected chi connectivity index (χ1v) is 11.4. The molecule has 3 N–H and O–H groups in total. The van der Waals surface area contributed by atoms with E-state index in [0.717, 1.165) is 6.07 Å². The molecule has 1 aliphatic heterocycles. The number of hydrogen-bond acceptors (Lipinski definition) is 7. The number of hydrogen-bond donors (Lipinski definition) is 3. The van der Waals surface area contributed by atoms with Crippen LogP contribution in [0.4, 0.5) is 19.0 Å². The molecule has 1 aromatic carbocycles. The van der Waals surface area contributed by atoms with Crippen molar-refractivity contribution in [2.24, 2.45) is 0 Å². The topological polar surface area (TPSA) is 112 Å². The maximum Gasteiger partial charge on any atom is 0.416 e. The van der Waals surface area contributed by atoms with Gasteiger partial charge in [-0.05, 0) is 30.2 Å². The van der Waals surface area contributed by atoms with Gasteiger partial charge in [-0.25, -0.2) is 14.5 Å². The minimum absolute atomic E-state index is 0.0913. The van der Waals surface area contributed by atoms with E-state index in [1.807, 2.05) is 11.0 Å². The van der Waals surface area contributed by atoms with E-state index in [2.05, 4.69) is 15.0 Å². The summed E-state index contributed by atoms with van der Waals surface area (Å²) in [6.07, 6.45) is -1.58. The van der Waals surface area contributed by atoms with Crippen molar-refractivity contribution in [2.45, 2.75) is 32.2 Å². The third-order valence-electron chi connectivity index (χ3n) is 6.46. The van der Waals surface area contributed by atoms with Gasteiger partial charge in [0.05, 0.1) is 61.1 Å². The van der Waals surface area contributed by atoms with Gasteiger partial charge in [0.1, 0.15) is 0 Å². The Kier molecular flexibility index (Phi) is 6.41. The molecule has 12 heteroatoms. The van der Waals surface area contributed by atoms with Gasteiger partial charge in [0.25, 0.3) is 0 Å². The average Bonchev–Trinajstić information content (AvgIpc) is 3.52. The number of aliphatic hydroxyl groups is 2. The molecule has 1 fully saturated rings. The quantitative estimate of drug-likeness (QED) is 0.372. The van der Waals surface area contributed by atoms with Gasteiger partial charge in [-0.2, -0.15) is 13.2 Å². The molecule has 3 aromatic heterocycles. The second-order valence-corrected chi connectivity index (χ2v) is 8.67. The number of nitrogens with one attached hydrogen (secondary N) is 1. The fourth-order valence-electron chi connectivity index (χ4n) is 4.56. The van der Waals surface area contributed by atoms with Gasteiger partial charge in [0.2, 0.25) is 0 Å². The summed E-state index contributed by atoms with van der Waals surface area (Å²) >= 11 is 0. The van der Waals surface area contributed by atoms with Crippen LogP contribution in [0.1, 0.15) is 28.1 Å². The van der Waals surface area contributed by atoms with E-state index < -0.39 is 18.3 Å². The fraction of sp³-hybridized carbons (Fsp3) is 0.375. The Balaban J connectivity index is 1.67. The highest BCUT2D eigenvalue weighted by Gasteiger charge is 2.33. The second-order valence-electron chi connectivity index (χ2n) is 8.67. The zero-order chi connectivity index (χ0) is 25.4. The van der Waals surface area contributed by atoms with Crippen molar-refractivity contribution in [1.29, 1.82) is 0 Å². The van der Waals surface area contributed by atoms with Crippen LogP contribution in [0.25, 0.3) is 16.9 Å². The van der Waals surface area contributed by atoms with Gasteiger partial charge >= 0.3 is 6.18 Å². The van der Waals surface area contributed by atoms with E-state index in [9.17, 15) is 23.4 Å². The van der Waals surface area contributed by atoms with E-state index in [1.54, 1.807) is 16.8 Å². The molecule has 1 saturated heterocycles. The number of halogens is 3. The van der Waals surface area contributed by atoms with Gasteiger partial charge in [0.15, 0.2) is 11.5 Å². The number of nitrogens with zero attached hydrogens (tertiary/aromatic N) is 5. The molecular weight excluding hydrogens is 477 g/mol. The van der Waals surface area contributed by atoms with Crippen molar-refractivity contribution in [3.8, 4) is 11.3 Å². The maximum atomic E-state index is 13.5. The van der Waals surface area contributed by atoms with E-state index >= 15 is 0 Å². The van der Waals surface area contributed by atoms with Crippen molar-refractivity contribution in [2.75, 3.05) is 31.2 Å². The van der Waals surface area contributed by atoms with Crippen molar-refractivity contribution in [3.63, 3.8) is 0 Å². The zero-order valence-corrected chi connectivity index (χ0v) is 19.5. The molecule has 0 amide bonds. The lowest BCUT2D eigenvalue weighted by atomic mass is 9.98. The number of benzene rings is 1. The van der Waals surface area contributed by atoms with Crippen LogP contribution < -0.4 is 4.90 Å². The predicted octanol–water partition coefficient (Wildman–Crippen LogP) is 2.73. The normalized spacial score (nSPS) is 16.7. The summed E-state index contributed by atoms with van der Waals surface area (Å²) in [6.45, 7) is 2.27. The highest BCUT2D eigenvalue weighted by molar-refractivity contribution is 5.77. The van der Waals surface area contributed by atoms with Crippen LogP contribution in [0.2, 0.25) is 0 Å². The average molecular weight is 502 g/mol. The number of aliphatic hydroxyl groups excluding tert-OH is 2. The molecule has 0 aliphatic carbocycles. The first kappa shape index (κ1) is 24.2. The summed E-state index contributed by atoms with van der Waals surface area (Å²) in [7, 11) is 0. The van der Waals surface area contributed by atoms with Gasteiger partial charge in [0, 0.05) is 25.1 Å². The molecule has 4 aromatic rings. The van der Waals surface area contributed by atoms with Crippen molar-refractivity contribution >= 4 is 11.5 Å². The summed E-state index contributed by atoms with van der Waals surface area (Å²) < 4.78 is 47.7. The molecule has 1 aliphatic rings. The van der Waals surface area contributed by atoms with Crippen LogP contribution in [0.3, 0.4) is 0 Å². The van der Waals surface area contributed by atoms with Crippen LogP contribution in [-0.4, -0.2) is 67.2 Å². The third kappa shape index (κ3) is 4.43. The van der Waals surface area contributed by atoms with Gasteiger partial charge in [-0.3, -0.25) is 0 Å². The summed E-state index contributed by atoms with van der Waals surface area (Å²) in [5.74, 6) is 0.581. The summed E-state index contributed by atoms with van der Waals surface area (Å²) in [4.78, 5) is 13.7. The molecule has 1 atom stereocenters. The number of anilines is 1. The molecule has 0 spiro atoms. The highest BCUT2D eigenvalue weighted by Crippen LogP contribution is 2.34. The van der Waals surface area contributed by atoms with Crippen molar-refractivity contribution in [1.82, 2.24) is 24.6 Å². The molecule has 9 nitrogen and oxygen atoms in total. The molecule has 0 bridgehead atoms. The number of aromatic nitrogens is 5. The number of ether oxygens (including phenoxy) is 1. The summed E-state index contributed by atoms with van der Waals surface area (Å²) in [5.41, 5.74) is 2.49. The first-order valence-electron chi connectivity index (χ1n) is 11.4. The SMILES string of the molecule is Cc1c(Cc2c(CO)nc3c(-c4cnc[nH]4)cc(N4CCOC(CO)C4)nn23)cccc1C(F)(F)F. The Morgan fingerprint density at radius 3 is 2.78 bits per heavy atom. The Bertz CT molecular complexity index is 1370. The van der Waals surface area contributed by atoms with E-state index in [0.29, 0.717) is 59.4 Å². The standard InChI is InChI=1S/C24H25F3N6O3/c1-14-15(3-2-4-18(14)24(25,26)27)7-21-20(12-35)30-23-17(19-9-28-13-29-19)8-22(31-33(21)23)32-5-6-36-16(10-32)11-34/h2-4,8-9,13,16,34-35H,5-7,10-12H2,1H3,(H,28,29). The summed E-state index contributed by atoms with van der Waals surface area (Å²) in [6, 6.07) is 5.92.